The molecule has 23 heavy (non-hydrogen) atoms. The minimum Gasteiger partial charge on any atom is -0.466 e. The van der Waals surface area contributed by atoms with Crippen molar-refractivity contribution in [1.82, 2.24) is 4.90 Å². The molecule has 0 aromatic heterocycles. The summed E-state index contributed by atoms with van der Waals surface area (Å²) in [6.45, 7) is 11.8. The molecule has 1 aromatic carbocycles. The molecule has 0 atom stereocenters. The van der Waals surface area contributed by atoms with Gasteiger partial charge in [-0.1, -0.05) is 30.3 Å². The number of esters is 1. The van der Waals surface area contributed by atoms with Crippen LogP contribution in [0.5, 0.6) is 0 Å². The molecule has 4 nitrogen and oxygen atoms in total. The van der Waals surface area contributed by atoms with Crippen molar-refractivity contribution >= 4 is 5.97 Å². The Morgan fingerprint density at radius 2 is 1.83 bits per heavy atom. The third kappa shape index (κ3) is 7.62. The number of carbonyl (C=O) groups excluding carboxylic acids is 1. The number of benzene rings is 1. The zero-order chi connectivity index (χ0) is 17.1. The fourth-order valence-corrected chi connectivity index (χ4v) is 2.49. The van der Waals surface area contributed by atoms with E-state index >= 15 is 0 Å². The molecule has 4 heteroatoms. The minimum atomic E-state index is -0.116. The quantitative estimate of drug-likeness (QED) is 0.583. The van der Waals surface area contributed by atoms with Gasteiger partial charge in [0.05, 0.1) is 13.2 Å². The molecule has 0 N–H and O–H groups in total. The molecule has 1 aromatic rings. The van der Waals surface area contributed by atoms with Crippen LogP contribution in [0.25, 0.3) is 0 Å². The molecular formula is C19H31NO3. The SMILES string of the molecule is CCOCC(C)(C)N(CCCC(=O)OCC)Cc1ccccc1. The fraction of sp³-hybridized carbons (Fsp3) is 0.632. The highest BCUT2D eigenvalue weighted by Gasteiger charge is 2.27. The highest BCUT2D eigenvalue weighted by Crippen LogP contribution is 2.19. The van der Waals surface area contributed by atoms with Crippen LogP contribution in [0.3, 0.4) is 0 Å². The number of rotatable bonds is 11. The van der Waals surface area contributed by atoms with Gasteiger partial charge in [0, 0.05) is 25.1 Å². The lowest BCUT2D eigenvalue weighted by Gasteiger charge is -2.38. The van der Waals surface area contributed by atoms with Gasteiger partial charge in [-0.25, -0.2) is 0 Å². The Balaban J connectivity index is 2.66. The van der Waals surface area contributed by atoms with Crippen LogP contribution in [-0.4, -0.2) is 42.8 Å². The maximum Gasteiger partial charge on any atom is 0.305 e. The van der Waals surface area contributed by atoms with Crippen LogP contribution in [0.1, 0.15) is 46.1 Å². The molecule has 130 valence electrons. The maximum absolute atomic E-state index is 11.5. The van der Waals surface area contributed by atoms with E-state index in [1.807, 2.05) is 19.9 Å². The molecule has 0 spiro atoms. The molecular weight excluding hydrogens is 290 g/mol. The smallest absolute Gasteiger partial charge is 0.305 e. The summed E-state index contributed by atoms with van der Waals surface area (Å²) in [5.74, 6) is -0.116. The van der Waals surface area contributed by atoms with Crippen LogP contribution in [-0.2, 0) is 20.8 Å². The van der Waals surface area contributed by atoms with Crippen molar-refractivity contribution in [3.8, 4) is 0 Å². The van der Waals surface area contributed by atoms with Gasteiger partial charge in [0.25, 0.3) is 0 Å². The summed E-state index contributed by atoms with van der Waals surface area (Å²) in [6.07, 6.45) is 1.26. The second-order valence-electron chi connectivity index (χ2n) is 6.27. The zero-order valence-electron chi connectivity index (χ0n) is 15.0. The van der Waals surface area contributed by atoms with Gasteiger partial charge in [-0.3, -0.25) is 9.69 Å². The summed E-state index contributed by atoms with van der Waals surface area (Å²) < 4.78 is 10.7. The van der Waals surface area contributed by atoms with Crippen molar-refractivity contribution in [3.05, 3.63) is 35.9 Å². The minimum absolute atomic E-state index is 0.0828. The van der Waals surface area contributed by atoms with E-state index in [9.17, 15) is 4.79 Å². The first-order valence-corrected chi connectivity index (χ1v) is 8.52. The molecule has 0 radical (unpaired) electrons. The van der Waals surface area contributed by atoms with E-state index < -0.39 is 0 Å². The van der Waals surface area contributed by atoms with E-state index in [1.54, 1.807) is 0 Å². The summed E-state index contributed by atoms with van der Waals surface area (Å²) in [7, 11) is 0. The van der Waals surface area contributed by atoms with Crippen LogP contribution in [0.15, 0.2) is 30.3 Å². The largest absolute Gasteiger partial charge is 0.466 e. The molecule has 0 fully saturated rings. The van der Waals surface area contributed by atoms with Crippen LogP contribution in [0.4, 0.5) is 0 Å². The number of carbonyl (C=O) groups is 1. The van der Waals surface area contributed by atoms with E-state index in [2.05, 4.69) is 43.0 Å². The molecule has 0 aliphatic rings. The van der Waals surface area contributed by atoms with E-state index in [0.717, 1.165) is 19.5 Å². The van der Waals surface area contributed by atoms with Crippen molar-refractivity contribution in [2.45, 2.75) is 52.6 Å². The van der Waals surface area contributed by atoms with Crippen molar-refractivity contribution < 1.29 is 14.3 Å². The van der Waals surface area contributed by atoms with Crippen molar-refractivity contribution in [1.29, 1.82) is 0 Å². The summed E-state index contributed by atoms with van der Waals surface area (Å²) in [5, 5.41) is 0. The lowest BCUT2D eigenvalue weighted by molar-refractivity contribution is -0.143. The Bertz CT molecular complexity index is 445. The monoisotopic (exact) mass is 321 g/mol. The Morgan fingerprint density at radius 3 is 2.43 bits per heavy atom. The van der Waals surface area contributed by atoms with E-state index in [4.69, 9.17) is 9.47 Å². The highest BCUT2D eigenvalue weighted by atomic mass is 16.5. The molecule has 0 bridgehead atoms. The van der Waals surface area contributed by atoms with Gasteiger partial charge in [0.15, 0.2) is 0 Å². The first-order chi connectivity index (χ1) is 11.0. The number of hydrogen-bond donors (Lipinski definition) is 0. The number of ether oxygens (including phenoxy) is 2. The number of hydrogen-bond acceptors (Lipinski definition) is 4. The fourth-order valence-electron chi connectivity index (χ4n) is 2.49. The summed E-state index contributed by atoms with van der Waals surface area (Å²) in [5.41, 5.74) is 1.19. The molecule has 1 rings (SSSR count). The first-order valence-electron chi connectivity index (χ1n) is 8.52. The molecule has 0 aliphatic carbocycles. The van der Waals surface area contributed by atoms with Crippen LogP contribution < -0.4 is 0 Å². The predicted octanol–water partition coefficient (Wildman–Crippen LogP) is 3.65. The Kier molecular flexibility index (Phi) is 8.89. The number of nitrogens with zero attached hydrogens (tertiary/aromatic N) is 1. The Hall–Kier alpha value is -1.39. The summed E-state index contributed by atoms with van der Waals surface area (Å²) >= 11 is 0. The standard InChI is InChI=1S/C19H31NO3/c1-5-22-16-19(3,4)20(14-10-13-18(21)23-6-2)15-17-11-8-7-9-12-17/h7-9,11-12H,5-6,10,13-16H2,1-4H3. The summed E-state index contributed by atoms with van der Waals surface area (Å²) in [4.78, 5) is 13.9. The average molecular weight is 321 g/mol. The Labute approximate surface area is 140 Å². The van der Waals surface area contributed by atoms with Crippen molar-refractivity contribution in [3.63, 3.8) is 0 Å². The molecule has 0 saturated heterocycles. The normalized spacial score (nSPS) is 11.7. The van der Waals surface area contributed by atoms with Gasteiger partial charge >= 0.3 is 5.97 Å². The highest BCUT2D eigenvalue weighted by molar-refractivity contribution is 5.69. The second kappa shape index (κ2) is 10.4. The molecule has 0 aliphatic heterocycles. The lowest BCUT2D eigenvalue weighted by Crippen LogP contribution is -2.47. The molecule has 0 amide bonds. The van der Waals surface area contributed by atoms with Gasteiger partial charge in [-0.2, -0.15) is 0 Å². The third-order valence-corrected chi connectivity index (χ3v) is 3.85. The molecule has 0 heterocycles. The average Bonchev–Trinajstić information content (AvgIpc) is 2.53. The van der Waals surface area contributed by atoms with Crippen molar-refractivity contribution in [2.75, 3.05) is 26.4 Å². The zero-order valence-corrected chi connectivity index (χ0v) is 15.0. The third-order valence-electron chi connectivity index (χ3n) is 3.85. The summed E-state index contributed by atoms with van der Waals surface area (Å²) in [6, 6.07) is 10.4. The van der Waals surface area contributed by atoms with Crippen LogP contribution in [0, 0.1) is 0 Å². The maximum atomic E-state index is 11.5. The molecule has 0 unspecified atom stereocenters. The van der Waals surface area contributed by atoms with E-state index in [1.165, 1.54) is 5.56 Å². The van der Waals surface area contributed by atoms with Gasteiger partial charge in [-0.15, -0.1) is 0 Å². The predicted molar refractivity (Wildman–Crippen MR) is 93.3 cm³/mol. The van der Waals surface area contributed by atoms with Gasteiger partial charge in [-0.05, 0) is 46.2 Å². The Morgan fingerprint density at radius 1 is 1.13 bits per heavy atom. The van der Waals surface area contributed by atoms with Gasteiger partial charge in [0.1, 0.15) is 0 Å². The first kappa shape index (κ1) is 19.7. The van der Waals surface area contributed by atoms with Crippen LogP contribution >= 0.6 is 0 Å². The topological polar surface area (TPSA) is 38.8 Å². The van der Waals surface area contributed by atoms with Gasteiger partial charge in [0.2, 0.25) is 0 Å². The lowest BCUT2D eigenvalue weighted by atomic mass is 10.0. The van der Waals surface area contributed by atoms with Crippen LogP contribution in [0.2, 0.25) is 0 Å². The van der Waals surface area contributed by atoms with Crippen molar-refractivity contribution in [2.24, 2.45) is 0 Å². The molecule has 0 saturated carbocycles. The second-order valence-corrected chi connectivity index (χ2v) is 6.27. The van der Waals surface area contributed by atoms with Gasteiger partial charge < -0.3 is 9.47 Å². The van der Waals surface area contributed by atoms with E-state index in [0.29, 0.717) is 26.2 Å². The van der Waals surface area contributed by atoms with E-state index in [-0.39, 0.29) is 11.5 Å².